The Balaban J connectivity index is 1.18. The number of rotatable bonds is 5. The van der Waals surface area contributed by atoms with E-state index in [1.54, 1.807) is 18.6 Å². The maximum atomic E-state index is 5.21. The van der Waals surface area contributed by atoms with Gasteiger partial charge in [-0.1, -0.05) is 72.8 Å². The van der Waals surface area contributed by atoms with Crippen LogP contribution < -0.4 is 0 Å². The molecule has 0 aliphatic heterocycles. The number of nitrogens with zero attached hydrogens (tertiary/aromatic N) is 7. The summed E-state index contributed by atoms with van der Waals surface area (Å²) in [4.78, 5) is 34.2. The lowest BCUT2D eigenvalue weighted by atomic mass is 9.99. The summed E-state index contributed by atoms with van der Waals surface area (Å²) in [5.41, 5.74) is 11.6. The van der Waals surface area contributed by atoms with Crippen molar-refractivity contribution >= 4 is 32.8 Å². The first-order valence-corrected chi connectivity index (χ1v) is 15.6. The zero-order valence-corrected chi connectivity index (χ0v) is 25.6. The molecule has 0 fully saturated rings. The van der Waals surface area contributed by atoms with Gasteiger partial charge in [0.1, 0.15) is 11.4 Å². The van der Waals surface area contributed by atoms with E-state index in [0.717, 1.165) is 78.0 Å². The molecule has 48 heavy (non-hydrogen) atoms. The topological polar surface area (TPSA) is 90.2 Å². The third kappa shape index (κ3) is 4.91. The molecule has 0 unspecified atom stereocenters. The van der Waals surface area contributed by atoms with Crippen molar-refractivity contribution in [1.82, 2.24) is 34.9 Å². The Morgan fingerprint density at radius 1 is 0.333 bits per heavy atom. The molecule has 0 atom stereocenters. The summed E-state index contributed by atoms with van der Waals surface area (Å²) in [6.45, 7) is 0. The second kappa shape index (κ2) is 11.6. The van der Waals surface area contributed by atoms with Gasteiger partial charge in [-0.25, -0.2) is 19.9 Å². The van der Waals surface area contributed by atoms with E-state index in [2.05, 4.69) is 75.6 Å². The van der Waals surface area contributed by atoms with E-state index in [4.69, 9.17) is 19.9 Å². The van der Waals surface area contributed by atoms with Crippen molar-refractivity contribution in [2.75, 3.05) is 0 Å². The largest absolute Gasteiger partial charge is 0.255 e. The van der Waals surface area contributed by atoms with E-state index < -0.39 is 0 Å². The maximum Gasteiger partial charge on any atom is 0.117 e. The Bertz CT molecular complexity index is 2610. The number of para-hydroxylation sites is 1. The predicted molar refractivity (Wildman–Crippen MR) is 191 cm³/mol. The minimum Gasteiger partial charge on any atom is -0.255 e. The first-order valence-electron chi connectivity index (χ1n) is 15.6. The van der Waals surface area contributed by atoms with Crippen LogP contribution >= 0.6 is 0 Å². The molecule has 0 radical (unpaired) electrons. The van der Waals surface area contributed by atoms with Gasteiger partial charge in [0.2, 0.25) is 0 Å². The van der Waals surface area contributed by atoms with Crippen LogP contribution in [0.5, 0.6) is 0 Å². The summed E-state index contributed by atoms with van der Waals surface area (Å²) in [7, 11) is 0. The molecule has 6 heterocycles. The Hall–Kier alpha value is -6.73. The van der Waals surface area contributed by atoms with Crippen LogP contribution in [0.3, 0.4) is 0 Å². The molecule has 0 bridgehead atoms. The van der Waals surface area contributed by atoms with E-state index in [-0.39, 0.29) is 0 Å². The number of fused-ring (bicyclic) bond motifs is 4. The van der Waals surface area contributed by atoms with E-state index >= 15 is 0 Å². The second-order valence-corrected chi connectivity index (χ2v) is 11.4. The quantitative estimate of drug-likeness (QED) is 0.178. The summed E-state index contributed by atoms with van der Waals surface area (Å²) in [5, 5.41) is 2.06. The van der Waals surface area contributed by atoms with Crippen LogP contribution in [0.4, 0.5) is 0 Å². The molecule has 3 aromatic carbocycles. The van der Waals surface area contributed by atoms with E-state index in [9.17, 15) is 0 Å². The van der Waals surface area contributed by atoms with Crippen molar-refractivity contribution in [3.8, 4) is 56.5 Å². The molecule has 224 valence electrons. The summed E-state index contributed by atoms with van der Waals surface area (Å²) >= 11 is 0. The molecule has 7 heteroatoms. The number of hydrogen-bond donors (Lipinski definition) is 0. The van der Waals surface area contributed by atoms with Crippen molar-refractivity contribution in [2.45, 2.75) is 0 Å². The van der Waals surface area contributed by atoms with E-state index in [0.29, 0.717) is 11.4 Å². The highest BCUT2D eigenvalue weighted by atomic mass is 14.9. The van der Waals surface area contributed by atoms with Crippen LogP contribution in [0.1, 0.15) is 0 Å². The molecule has 0 saturated heterocycles. The van der Waals surface area contributed by atoms with Gasteiger partial charge in [0, 0.05) is 40.5 Å². The zero-order chi connectivity index (χ0) is 31.9. The molecular formula is C41H25N7. The minimum atomic E-state index is 0.686. The molecule has 9 aromatic rings. The highest BCUT2D eigenvalue weighted by molar-refractivity contribution is 6.04. The van der Waals surface area contributed by atoms with Crippen molar-refractivity contribution in [3.63, 3.8) is 0 Å². The van der Waals surface area contributed by atoms with Gasteiger partial charge in [0.15, 0.2) is 0 Å². The Kier molecular flexibility index (Phi) is 6.64. The monoisotopic (exact) mass is 615 g/mol. The number of hydrogen-bond acceptors (Lipinski definition) is 7. The molecule has 0 spiro atoms. The van der Waals surface area contributed by atoms with Crippen LogP contribution in [0.15, 0.2) is 152 Å². The summed E-state index contributed by atoms with van der Waals surface area (Å²) in [5.74, 6) is 0. The van der Waals surface area contributed by atoms with Crippen LogP contribution in [0.2, 0.25) is 0 Å². The molecule has 0 amide bonds. The molecule has 0 N–H and O–H groups in total. The molecule has 0 saturated carbocycles. The summed E-state index contributed by atoms with van der Waals surface area (Å²) in [6, 6.07) is 44.4. The third-order valence-corrected chi connectivity index (χ3v) is 8.43. The Morgan fingerprint density at radius 2 is 0.896 bits per heavy atom. The molecule has 7 nitrogen and oxygen atoms in total. The SMILES string of the molecule is c1ccc(-c2ccc3ccc4ccc(-c5cccc(-c6cccc7nc(-c8ccccn8)c(-c8ccccn8)nc67)c5)nc4c3n2)nc1. The van der Waals surface area contributed by atoms with Crippen LogP contribution in [-0.2, 0) is 0 Å². The van der Waals surface area contributed by atoms with E-state index in [1.165, 1.54) is 0 Å². The smallest absolute Gasteiger partial charge is 0.117 e. The average Bonchev–Trinajstić information content (AvgIpc) is 3.17. The summed E-state index contributed by atoms with van der Waals surface area (Å²) in [6.07, 6.45) is 5.33. The standard InChI is InChI=1S/C41H25N7/c1-4-22-42-32(12-1)33-21-19-27-17-16-26-18-20-31(45-37(26)38(27)46-33)29-10-7-9-28(25-29)30-11-8-15-36-39(30)48-41(35-14-3-6-24-44-35)40(47-36)34-13-2-5-23-43-34/h1-25H. The zero-order valence-electron chi connectivity index (χ0n) is 25.6. The van der Waals surface area contributed by atoms with Crippen LogP contribution in [0.25, 0.3) is 89.4 Å². The second-order valence-electron chi connectivity index (χ2n) is 11.4. The number of benzene rings is 3. The van der Waals surface area contributed by atoms with Gasteiger partial charge in [0.05, 0.1) is 50.5 Å². The molecule has 0 aliphatic carbocycles. The lowest BCUT2D eigenvalue weighted by Gasteiger charge is -2.13. The van der Waals surface area contributed by atoms with Crippen LogP contribution in [-0.4, -0.2) is 34.9 Å². The van der Waals surface area contributed by atoms with Crippen molar-refractivity contribution in [2.24, 2.45) is 0 Å². The first-order chi connectivity index (χ1) is 23.8. The number of aromatic nitrogens is 7. The van der Waals surface area contributed by atoms with Gasteiger partial charge < -0.3 is 0 Å². The molecule has 0 aliphatic rings. The molecule has 9 rings (SSSR count). The van der Waals surface area contributed by atoms with Gasteiger partial charge >= 0.3 is 0 Å². The first kappa shape index (κ1) is 27.6. The van der Waals surface area contributed by atoms with Gasteiger partial charge in [-0.2, -0.15) is 0 Å². The highest BCUT2D eigenvalue weighted by Crippen LogP contribution is 2.35. The van der Waals surface area contributed by atoms with Crippen LogP contribution in [0, 0.1) is 0 Å². The fourth-order valence-corrected chi connectivity index (χ4v) is 6.10. The van der Waals surface area contributed by atoms with Gasteiger partial charge in [0.25, 0.3) is 0 Å². The van der Waals surface area contributed by atoms with Gasteiger partial charge in [-0.05, 0) is 66.2 Å². The average molecular weight is 616 g/mol. The molecule has 6 aromatic heterocycles. The van der Waals surface area contributed by atoms with E-state index in [1.807, 2.05) is 72.8 Å². The Labute approximate surface area is 275 Å². The normalized spacial score (nSPS) is 11.3. The predicted octanol–water partition coefficient (Wildman–Crippen LogP) is 9.25. The van der Waals surface area contributed by atoms with Crippen molar-refractivity contribution in [3.05, 3.63) is 152 Å². The highest BCUT2D eigenvalue weighted by Gasteiger charge is 2.18. The summed E-state index contributed by atoms with van der Waals surface area (Å²) < 4.78 is 0. The Morgan fingerprint density at radius 3 is 1.56 bits per heavy atom. The molecular weight excluding hydrogens is 591 g/mol. The lowest BCUT2D eigenvalue weighted by molar-refractivity contribution is 1.21. The fourth-order valence-electron chi connectivity index (χ4n) is 6.10. The van der Waals surface area contributed by atoms with Gasteiger partial charge in [-0.15, -0.1) is 0 Å². The lowest BCUT2D eigenvalue weighted by Crippen LogP contribution is -1.99. The van der Waals surface area contributed by atoms with Crippen molar-refractivity contribution in [1.29, 1.82) is 0 Å². The number of pyridine rings is 5. The van der Waals surface area contributed by atoms with Crippen molar-refractivity contribution < 1.29 is 0 Å². The third-order valence-electron chi connectivity index (χ3n) is 8.43. The fraction of sp³-hybridized carbons (Fsp3) is 0. The van der Waals surface area contributed by atoms with Gasteiger partial charge in [-0.3, -0.25) is 15.0 Å². The minimum absolute atomic E-state index is 0.686. The maximum absolute atomic E-state index is 5.21.